The minimum atomic E-state index is -4.37. The van der Waals surface area contributed by atoms with Gasteiger partial charge in [-0.05, 0) is 70.6 Å². The standard InChI is InChI=1S/C82H155N2O6P/c1-6-8-10-12-14-16-18-20-22-24-26-28-30-32-34-36-38-39-40-41-42-43-44-45-46-48-50-52-54-56-58-60-62-64-66-68-70-72-74-76-82(86)83-80(79-90-91(87,88)89-78-77-84(3,4)5)81(85)75-73-71-69-67-65-63-61-59-57-55-53-51-49-47-37-35-33-31-29-27-25-23-21-19-17-15-13-11-9-7-2/h8,10,14,16,20,22,26,28,65,67,73,75,80-81,85H,6-7,9,11-13,15,17-19,21,23-25,27,29-64,66,68-72,74,76-79H2,1-5H3,(H-,83,86,87,88)/p+1/b10-8-,16-14-,22-20-,28-26-,67-65+,75-73+. The Hall–Kier alpha value is -2.06. The van der Waals surface area contributed by atoms with Gasteiger partial charge in [-0.25, -0.2) is 4.57 Å². The van der Waals surface area contributed by atoms with Gasteiger partial charge < -0.3 is 19.8 Å². The van der Waals surface area contributed by atoms with Crippen molar-refractivity contribution in [2.24, 2.45) is 0 Å². The zero-order valence-electron chi connectivity index (χ0n) is 61.3. The number of carbonyl (C=O) groups excluding carboxylic acids is 1. The first-order valence-electron chi connectivity index (χ1n) is 39.8. The molecule has 0 saturated heterocycles. The van der Waals surface area contributed by atoms with Gasteiger partial charge in [0.1, 0.15) is 13.2 Å². The van der Waals surface area contributed by atoms with E-state index in [-0.39, 0.29) is 19.1 Å². The highest BCUT2D eigenvalue weighted by molar-refractivity contribution is 7.47. The second-order valence-electron chi connectivity index (χ2n) is 28.4. The van der Waals surface area contributed by atoms with Crippen LogP contribution in [0.1, 0.15) is 393 Å². The van der Waals surface area contributed by atoms with Crippen molar-refractivity contribution < 1.29 is 32.9 Å². The molecule has 0 aromatic rings. The van der Waals surface area contributed by atoms with Crippen LogP contribution in [0.15, 0.2) is 72.9 Å². The summed E-state index contributed by atoms with van der Waals surface area (Å²) in [5.74, 6) is -0.179. The number of nitrogens with one attached hydrogen (secondary N) is 1. The molecule has 0 rings (SSSR count). The number of amides is 1. The molecule has 0 aliphatic rings. The van der Waals surface area contributed by atoms with E-state index < -0.39 is 20.0 Å². The predicted octanol–water partition coefficient (Wildman–Crippen LogP) is 26.1. The van der Waals surface area contributed by atoms with Crippen molar-refractivity contribution in [2.45, 2.75) is 405 Å². The highest BCUT2D eigenvalue weighted by Crippen LogP contribution is 2.43. The van der Waals surface area contributed by atoms with Crippen LogP contribution in [0, 0.1) is 0 Å². The van der Waals surface area contributed by atoms with Crippen LogP contribution in [-0.4, -0.2) is 73.4 Å². The van der Waals surface area contributed by atoms with Crippen LogP contribution in [0.25, 0.3) is 0 Å². The van der Waals surface area contributed by atoms with E-state index in [2.05, 4.69) is 79.9 Å². The second-order valence-corrected chi connectivity index (χ2v) is 29.9. The number of carbonyl (C=O) groups is 1. The lowest BCUT2D eigenvalue weighted by molar-refractivity contribution is -0.870. The number of aliphatic hydroxyl groups is 1. The number of allylic oxidation sites excluding steroid dienone is 11. The van der Waals surface area contributed by atoms with Gasteiger partial charge in [-0.15, -0.1) is 0 Å². The van der Waals surface area contributed by atoms with Crippen molar-refractivity contribution in [1.82, 2.24) is 5.32 Å². The average Bonchev–Trinajstić information content (AvgIpc) is 3.58. The summed E-state index contributed by atoms with van der Waals surface area (Å²) in [6.45, 7) is 4.74. The monoisotopic (exact) mass is 1300 g/mol. The fraction of sp³-hybridized carbons (Fsp3) is 0.841. The Morgan fingerprint density at radius 1 is 0.385 bits per heavy atom. The van der Waals surface area contributed by atoms with Crippen LogP contribution in [0.3, 0.4) is 0 Å². The molecule has 9 heteroatoms. The van der Waals surface area contributed by atoms with Gasteiger partial charge in [0, 0.05) is 6.42 Å². The number of quaternary nitrogens is 1. The van der Waals surface area contributed by atoms with Gasteiger partial charge in [-0.2, -0.15) is 0 Å². The topological polar surface area (TPSA) is 105 Å². The molecule has 0 aromatic carbocycles. The third-order valence-corrected chi connectivity index (χ3v) is 19.1. The van der Waals surface area contributed by atoms with Crippen LogP contribution in [0.5, 0.6) is 0 Å². The number of aliphatic hydroxyl groups excluding tert-OH is 1. The molecule has 0 heterocycles. The Morgan fingerprint density at radius 2 is 0.670 bits per heavy atom. The predicted molar refractivity (Wildman–Crippen MR) is 401 cm³/mol. The van der Waals surface area contributed by atoms with Gasteiger partial charge in [0.05, 0.1) is 39.9 Å². The summed E-state index contributed by atoms with van der Waals surface area (Å²) in [5.41, 5.74) is 0. The van der Waals surface area contributed by atoms with Gasteiger partial charge in [0.2, 0.25) is 5.91 Å². The van der Waals surface area contributed by atoms with Gasteiger partial charge >= 0.3 is 7.82 Å². The van der Waals surface area contributed by atoms with Crippen LogP contribution >= 0.6 is 7.82 Å². The fourth-order valence-corrected chi connectivity index (χ4v) is 12.8. The van der Waals surface area contributed by atoms with E-state index in [4.69, 9.17) is 9.05 Å². The summed E-state index contributed by atoms with van der Waals surface area (Å²) in [4.78, 5) is 23.5. The Morgan fingerprint density at radius 3 is 1.01 bits per heavy atom. The SMILES string of the molecule is CC/C=C\C/C=C\C/C=C\C/C=C\CCCCCCCCCCCCCCCCCCCCCCCCCCCCC(=O)NC(COP(=O)(O)OCC[N+](C)(C)C)C(O)/C=C/CC/C=C/CCCCCCCCCCCCCCCCCCCCCCCCCC. The van der Waals surface area contributed by atoms with Crippen molar-refractivity contribution in [3.8, 4) is 0 Å². The number of phosphoric ester groups is 1. The Kier molecular flexibility index (Phi) is 70.6. The van der Waals surface area contributed by atoms with E-state index in [9.17, 15) is 19.4 Å². The molecule has 0 spiro atoms. The lowest BCUT2D eigenvalue weighted by atomic mass is 10.0. The summed E-state index contributed by atoms with van der Waals surface area (Å²) >= 11 is 0. The summed E-state index contributed by atoms with van der Waals surface area (Å²) in [6.07, 6.45) is 102. The molecule has 0 aliphatic carbocycles. The summed E-state index contributed by atoms with van der Waals surface area (Å²) in [7, 11) is 1.57. The first-order valence-corrected chi connectivity index (χ1v) is 41.3. The largest absolute Gasteiger partial charge is 0.472 e. The molecule has 0 bridgehead atoms. The van der Waals surface area contributed by atoms with Gasteiger partial charge in [-0.3, -0.25) is 13.8 Å². The molecule has 1 amide bonds. The van der Waals surface area contributed by atoms with Gasteiger partial charge in [0.15, 0.2) is 0 Å². The summed E-state index contributed by atoms with van der Waals surface area (Å²) < 4.78 is 23.9. The van der Waals surface area contributed by atoms with Gasteiger partial charge in [0.25, 0.3) is 0 Å². The van der Waals surface area contributed by atoms with Crippen molar-refractivity contribution in [3.63, 3.8) is 0 Å². The third kappa shape index (κ3) is 75.2. The highest BCUT2D eigenvalue weighted by Gasteiger charge is 2.28. The second kappa shape index (κ2) is 72.2. The van der Waals surface area contributed by atoms with Crippen LogP contribution in [-0.2, 0) is 18.4 Å². The van der Waals surface area contributed by atoms with E-state index in [0.29, 0.717) is 17.4 Å². The number of hydrogen-bond donors (Lipinski definition) is 3. The van der Waals surface area contributed by atoms with E-state index >= 15 is 0 Å². The molecule has 3 N–H and O–H groups in total. The third-order valence-electron chi connectivity index (χ3n) is 18.2. The molecule has 91 heavy (non-hydrogen) atoms. The number of unbranched alkanes of at least 4 members (excludes halogenated alkanes) is 51. The van der Waals surface area contributed by atoms with Crippen molar-refractivity contribution >= 4 is 13.7 Å². The van der Waals surface area contributed by atoms with Crippen molar-refractivity contribution in [1.29, 1.82) is 0 Å². The fourth-order valence-electron chi connectivity index (χ4n) is 12.1. The molecule has 534 valence electrons. The number of rotatable bonds is 74. The Balaban J connectivity index is 3.96. The van der Waals surface area contributed by atoms with Crippen LogP contribution in [0.4, 0.5) is 0 Å². The first-order chi connectivity index (χ1) is 44.5. The number of phosphoric acid groups is 1. The minimum absolute atomic E-state index is 0.0569. The number of nitrogens with zero attached hydrogens (tertiary/aromatic N) is 1. The van der Waals surface area contributed by atoms with E-state index in [1.54, 1.807) is 6.08 Å². The van der Waals surface area contributed by atoms with E-state index in [1.165, 1.54) is 308 Å². The molecule has 8 nitrogen and oxygen atoms in total. The zero-order valence-corrected chi connectivity index (χ0v) is 62.2. The average molecular weight is 1300 g/mol. The lowest BCUT2D eigenvalue weighted by Gasteiger charge is -2.25. The number of likely N-dealkylation sites (N-methyl/N-ethyl adjacent to an activating group) is 1. The quantitative estimate of drug-likeness (QED) is 0.0243. The Bertz CT molecular complexity index is 1720. The number of hydrogen-bond acceptors (Lipinski definition) is 5. The smallest absolute Gasteiger partial charge is 0.387 e. The molecule has 0 aliphatic heterocycles. The maximum atomic E-state index is 13.1. The zero-order chi connectivity index (χ0) is 66.2. The van der Waals surface area contributed by atoms with E-state index in [1.807, 2.05) is 27.2 Å². The molecule has 3 atom stereocenters. The molecular weight excluding hydrogens is 1140 g/mol. The normalized spacial score (nSPS) is 13.9. The van der Waals surface area contributed by atoms with E-state index in [0.717, 1.165) is 64.2 Å². The maximum Gasteiger partial charge on any atom is 0.472 e. The molecule has 0 saturated carbocycles. The highest BCUT2D eigenvalue weighted by atomic mass is 31.2. The van der Waals surface area contributed by atoms with Gasteiger partial charge in [-0.1, -0.05) is 389 Å². The molecule has 0 fully saturated rings. The lowest BCUT2D eigenvalue weighted by Crippen LogP contribution is -2.45. The maximum absolute atomic E-state index is 13.1. The minimum Gasteiger partial charge on any atom is -0.387 e. The first kappa shape index (κ1) is 88.9. The van der Waals surface area contributed by atoms with Crippen molar-refractivity contribution in [2.75, 3.05) is 40.9 Å². The molecular formula is C82H156N2O6P+. The summed E-state index contributed by atoms with van der Waals surface area (Å²) in [6, 6.07) is -0.866. The molecule has 3 unspecified atom stereocenters. The molecule has 0 radical (unpaired) electrons. The Labute approximate surface area is 567 Å². The summed E-state index contributed by atoms with van der Waals surface area (Å²) in [5, 5.41) is 14.0. The molecule has 0 aromatic heterocycles. The van der Waals surface area contributed by atoms with Crippen LogP contribution < -0.4 is 5.32 Å². The van der Waals surface area contributed by atoms with Crippen LogP contribution in [0.2, 0.25) is 0 Å². The van der Waals surface area contributed by atoms with Crippen molar-refractivity contribution in [3.05, 3.63) is 72.9 Å².